The Morgan fingerprint density at radius 2 is 1.84 bits per heavy atom. The van der Waals surface area contributed by atoms with Gasteiger partial charge in [-0.1, -0.05) is 48.0 Å². The Morgan fingerprint density at radius 3 is 2.62 bits per heavy atom. The first-order valence-corrected chi connectivity index (χ1v) is 13.5. The van der Waals surface area contributed by atoms with Crippen molar-refractivity contribution in [1.29, 1.82) is 0 Å². The molecule has 7 rings (SSSR count). The minimum atomic E-state index is -1.28. The minimum absolute atomic E-state index is 0.0798. The van der Waals surface area contributed by atoms with E-state index in [-0.39, 0.29) is 47.1 Å². The van der Waals surface area contributed by atoms with E-state index < -0.39 is 15.9 Å². The summed E-state index contributed by atoms with van der Waals surface area (Å²) in [5, 5.41) is 18.7. The van der Waals surface area contributed by atoms with Crippen LogP contribution in [0.5, 0.6) is 0 Å². The smallest absolute Gasteiger partial charge is 0.293 e. The van der Waals surface area contributed by atoms with Crippen molar-refractivity contribution in [3.05, 3.63) is 98.6 Å². The Kier molecular flexibility index (Phi) is 4.80. The van der Waals surface area contributed by atoms with E-state index in [9.17, 15) is 19.7 Å². The van der Waals surface area contributed by atoms with Crippen LogP contribution in [-0.4, -0.2) is 45.7 Å². The number of carbonyl (C=O) groups is 2. The number of para-hydroxylation sites is 2. The molecule has 2 N–H and O–H groups in total. The van der Waals surface area contributed by atoms with Crippen molar-refractivity contribution in [1.82, 2.24) is 4.90 Å². The molecule has 2 fully saturated rings. The summed E-state index contributed by atoms with van der Waals surface area (Å²) in [7, 11) is 0. The fraction of sp³-hybridized carbons (Fsp3) is 0.259. The summed E-state index contributed by atoms with van der Waals surface area (Å²) in [5.74, 6) is 0.496. The van der Waals surface area contributed by atoms with Crippen LogP contribution in [0.4, 0.5) is 17.1 Å². The lowest BCUT2D eigenvalue weighted by Gasteiger charge is -2.48. The number of hydrogen-bond acceptors (Lipinski definition) is 7. The lowest BCUT2D eigenvalue weighted by Crippen LogP contribution is -2.63. The molecule has 2 saturated heterocycles. The predicted octanol–water partition coefficient (Wildman–Crippen LogP) is 4.86. The maximum absolute atomic E-state index is 14.9. The van der Waals surface area contributed by atoms with Gasteiger partial charge in [0, 0.05) is 58.0 Å². The van der Waals surface area contributed by atoms with E-state index in [1.165, 1.54) is 12.1 Å². The van der Waals surface area contributed by atoms with E-state index in [1.54, 1.807) is 17.8 Å². The van der Waals surface area contributed by atoms with Crippen LogP contribution >= 0.6 is 23.4 Å². The third kappa shape index (κ3) is 2.69. The monoisotopic (exact) mass is 532 g/mol. The lowest BCUT2D eigenvalue weighted by atomic mass is 9.56. The molecule has 8 nitrogen and oxygen atoms in total. The van der Waals surface area contributed by atoms with E-state index in [4.69, 9.17) is 11.6 Å². The number of nitro groups is 1. The number of hydrogen-bond donors (Lipinski definition) is 2. The third-order valence-corrected chi connectivity index (χ3v) is 9.76. The number of fused-ring (bicyclic) bond motifs is 6. The van der Waals surface area contributed by atoms with Gasteiger partial charge in [0.1, 0.15) is 11.2 Å². The van der Waals surface area contributed by atoms with E-state index in [0.717, 1.165) is 16.9 Å². The van der Waals surface area contributed by atoms with Gasteiger partial charge in [-0.3, -0.25) is 24.6 Å². The number of Topliss-reactive ketones (excluding diaryl/α,β-unsaturated/α-hetero) is 1. The van der Waals surface area contributed by atoms with Crippen molar-refractivity contribution in [2.75, 3.05) is 28.8 Å². The standard InChI is InChI=1S/C27H21ClN4O4S/c28-16-10-8-15(9-11-16)22-21-12-37-14-31(21)27(18-5-1-2-6-19(18)30-25(27)34)26(22)13-29-23-17(24(26)33)4-3-7-20(23)32(35)36/h1-11,21-22,29H,12-14H2,(H,30,34)/t21-,22-,26-,27-/m1/s1. The number of nitrogens with one attached hydrogen (secondary N) is 2. The molecule has 2 spiro atoms. The summed E-state index contributed by atoms with van der Waals surface area (Å²) in [4.78, 5) is 42.7. The largest absolute Gasteiger partial charge is 0.378 e. The van der Waals surface area contributed by atoms with Crippen LogP contribution < -0.4 is 10.6 Å². The Morgan fingerprint density at radius 1 is 1.05 bits per heavy atom. The van der Waals surface area contributed by atoms with Crippen LogP contribution in [0.2, 0.25) is 5.02 Å². The molecular formula is C27H21ClN4O4S. The van der Waals surface area contributed by atoms with Gasteiger partial charge in [0.15, 0.2) is 5.78 Å². The average Bonchev–Trinajstić information content (AvgIpc) is 3.54. The topological polar surface area (TPSA) is 105 Å². The molecule has 4 aliphatic heterocycles. The first-order chi connectivity index (χ1) is 17.9. The molecule has 4 aliphatic rings. The zero-order chi connectivity index (χ0) is 25.5. The molecular weight excluding hydrogens is 512 g/mol. The summed E-state index contributed by atoms with van der Waals surface area (Å²) in [6.45, 7) is 0.0798. The van der Waals surface area contributed by atoms with Gasteiger partial charge < -0.3 is 10.6 Å². The predicted molar refractivity (Wildman–Crippen MR) is 142 cm³/mol. The number of amides is 1. The Balaban J connectivity index is 1.56. The van der Waals surface area contributed by atoms with E-state index in [2.05, 4.69) is 15.5 Å². The van der Waals surface area contributed by atoms with Gasteiger partial charge in [0.2, 0.25) is 0 Å². The number of carbonyl (C=O) groups excluding carboxylic acids is 2. The number of halogens is 1. The molecule has 0 radical (unpaired) electrons. The third-order valence-electron chi connectivity index (χ3n) is 8.47. The van der Waals surface area contributed by atoms with Crippen LogP contribution in [0.15, 0.2) is 66.7 Å². The fourth-order valence-electron chi connectivity index (χ4n) is 7.20. The maximum atomic E-state index is 14.9. The molecule has 10 heteroatoms. The van der Waals surface area contributed by atoms with E-state index in [0.29, 0.717) is 16.6 Å². The molecule has 0 aliphatic carbocycles. The first-order valence-electron chi connectivity index (χ1n) is 12.0. The summed E-state index contributed by atoms with van der Waals surface area (Å²) < 4.78 is 0. The summed E-state index contributed by atoms with van der Waals surface area (Å²) in [6.07, 6.45) is 0. The number of ketones is 1. The van der Waals surface area contributed by atoms with Crippen LogP contribution in [0.1, 0.15) is 27.4 Å². The zero-order valence-electron chi connectivity index (χ0n) is 19.4. The summed E-state index contributed by atoms with van der Waals surface area (Å²) >= 11 is 7.98. The van der Waals surface area contributed by atoms with Crippen LogP contribution in [0.25, 0.3) is 0 Å². The van der Waals surface area contributed by atoms with Gasteiger partial charge in [0.25, 0.3) is 11.6 Å². The highest BCUT2D eigenvalue weighted by molar-refractivity contribution is 7.99. The number of nitro benzene ring substituents is 1. The van der Waals surface area contributed by atoms with Crippen molar-refractivity contribution in [2.45, 2.75) is 17.5 Å². The quantitative estimate of drug-likeness (QED) is 0.358. The van der Waals surface area contributed by atoms with Crippen LogP contribution in [-0.2, 0) is 10.3 Å². The molecule has 37 heavy (non-hydrogen) atoms. The van der Waals surface area contributed by atoms with Gasteiger partial charge in [0.05, 0.1) is 10.3 Å². The minimum Gasteiger partial charge on any atom is -0.378 e. The van der Waals surface area contributed by atoms with E-state index in [1.807, 2.05) is 48.5 Å². The highest BCUT2D eigenvalue weighted by atomic mass is 35.5. The fourth-order valence-corrected chi connectivity index (χ4v) is 8.62. The second-order valence-electron chi connectivity index (χ2n) is 9.89. The molecule has 186 valence electrons. The van der Waals surface area contributed by atoms with Crippen molar-refractivity contribution in [3.8, 4) is 0 Å². The lowest BCUT2D eigenvalue weighted by molar-refractivity contribution is -0.384. The Hall–Kier alpha value is -3.40. The number of rotatable bonds is 2. The number of thioether (sulfide) groups is 1. The van der Waals surface area contributed by atoms with Crippen molar-refractivity contribution in [3.63, 3.8) is 0 Å². The van der Waals surface area contributed by atoms with Gasteiger partial charge >= 0.3 is 0 Å². The molecule has 0 aromatic heterocycles. The summed E-state index contributed by atoms with van der Waals surface area (Å²) in [5.41, 5.74) is 0.138. The average molecular weight is 533 g/mol. The molecule has 3 aromatic rings. The highest BCUT2D eigenvalue weighted by Crippen LogP contribution is 2.68. The molecule has 0 bridgehead atoms. The van der Waals surface area contributed by atoms with Crippen molar-refractivity contribution in [2.24, 2.45) is 5.41 Å². The molecule has 1 amide bonds. The second-order valence-corrected chi connectivity index (χ2v) is 11.3. The molecule has 0 unspecified atom stereocenters. The van der Waals surface area contributed by atoms with Gasteiger partial charge in [-0.15, -0.1) is 11.8 Å². The van der Waals surface area contributed by atoms with Gasteiger partial charge in [-0.25, -0.2) is 0 Å². The highest BCUT2D eigenvalue weighted by Gasteiger charge is 2.78. The Bertz CT molecular complexity index is 1510. The van der Waals surface area contributed by atoms with Crippen molar-refractivity contribution < 1.29 is 14.5 Å². The second kappa shape index (κ2) is 7.80. The number of nitrogens with zero attached hydrogens (tertiary/aromatic N) is 2. The number of benzene rings is 3. The van der Waals surface area contributed by atoms with Crippen molar-refractivity contribution >= 4 is 52.1 Å². The molecule has 4 heterocycles. The van der Waals surface area contributed by atoms with Crippen LogP contribution in [0.3, 0.4) is 0 Å². The number of anilines is 2. The van der Waals surface area contributed by atoms with Crippen LogP contribution in [0, 0.1) is 15.5 Å². The molecule has 4 atom stereocenters. The first kappa shape index (κ1) is 22.8. The Labute approximate surface area is 221 Å². The van der Waals surface area contributed by atoms with E-state index >= 15 is 0 Å². The normalized spacial score (nSPS) is 29.6. The SMILES string of the molecule is O=C1c2cccc([N+](=O)[O-])c2NC[C@@]12[C@H](c1ccc(Cl)cc1)[C@H]1CSCN1[C@]21C(=O)Nc2ccccc21. The molecule has 0 saturated carbocycles. The zero-order valence-corrected chi connectivity index (χ0v) is 21.0. The maximum Gasteiger partial charge on any atom is 0.293 e. The summed E-state index contributed by atoms with van der Waals surface area (Å²) in [6, 6.07) is 19.5. The van der Waals surface area contributed by atoms with Gasteiger partial charge in [-0.05, 0) is 29.8 Å². The molecule has 3 aromatic carbocycles. The van der Waals surface area contributed by atoms with Gasteiger partial charge in [-0.2, -0.15) is 0 Å².